The van der Waals surface area contributed by atoms with Crippen LogP contribution in [0.2, 0.25) is 0 Å². The zero-order chi connectivity index (χ0) is 19.8. The molecule has 0 saturated carbocycles. The van der Waals surface area contributed by atoms with Crippen molar-refractivity contribution in [1.82, 2.24) is 4.57 Å². The molecule has 2 N–H and O–H groups in total. The van der Waals surface area contributed by atoms with Crippen LogP contribution in [-0.2, 0) is 4.79 Å². The van der Waals surface area contributed by atoms with Gasteiger partial charge in [0.1, 0.15) is 5.75 Å². The zero-order valence-electron chi connectivity index (χ0n) is 15.4. The van der Waals surface area contributed by atoms with Crippen molar-refractivity contribution in [2.45, 2.75) is 13.8 Å². The molecule has 0 bridgehead atoms. The summed E-state index contributed by atoms with van der Waals surface area (Å²) in [6, 6.07) is 15.0. The maximum absolute atomic E-state index is 12.9. The number of carbonyl (C=O) groups excluding carboxylic acids is 2. The van der Waals surface area contributed by atoms with Crippen LogP contribution in [0.15, 0.2) is 53.0 Å². The minimum atomic E-state index is -0.214. The Kier molecular flexibility index (Phi) is 4.68. The number of rotatable bonds is 3. The van der Waals surface area contributed by atoms with Crippen molar-refractivity contribution in [1.29, 1.82) is 0 Å². The molecule has 0 radical (unpaired) electrons. The van der Waals surface area contributed by atoms with Gasteiger partial charge in [0.05, 0.1) is 11.3 Å². The first-order valence-electron chi connectivity index (χ1n) is 8.75. The van der Waals surface area contributed by atoms with Crippen LogP contribution >= 0.6 is 15.9 Å². The van der Waals surface area contributed by atoms with Crippen LogP contribution in [0, 0.1) is 13.8 Å². The lowest BCUT2D eigenvalue weighted by Crippen LogP contribution is -2.25. The van der Waals surface area contributed by atoms with Crippen LogP contribution in [0.25, 0.3) is 5.69 Å². The van der Waals surface area contributed by atoms with Gasteiger partial charge in [-0.15, -0.1) is 0 Å². The molecule has 1 aliphatic heterocycles. The largest absolute Gasteiger partial charge is 0.482 e. The molecule has 142 valence electrons. The monoisotopic (exact) mass is 439 g/mol. The van der Waals surface area contributed by atoms with E-state index < -0.39 is 0 Å². The SMILES string of the molecule is Cc1cc(C(=O)Nc2ccc3c(c2)NC(=O)CO3)c(C)n1-c1ccc(Br)cc1. The molecule has 2 heterocycles. The van der Waals surface area contributed by atoms with Gasteiger partial charge in [-0.2, -0.15) is 0 Å². The van der Waals surface area contributed by atoms with Crippen molar-refractivity contribution in [2.24, 2.45) is 0 Å². The van der Waals surface area contributed by atoms with Gasteiger partial charge in [-0.25, -0.2) is 0 Å². The summed E-state index contributed by atoms with van der Waals surface area (Å²) < 4.78 is 8.39. The van der Waals surface area contributed by atoms with Crippen molar-refractivity contribution in [3.05, 3.63) is 70.0 Å². The van der Waals surface area contributed by atoms with Crippen LogP contribution in [0.1, 0.15) is 21.7 Å². The Balaban J connectivity index is 1.61. The van der Waals surface area contributed by atoms with Gasteiger partial charge >= 0.3 is 0 Å². The molecule has 0 unspecified atom stereocenters. The van der Waals surface area contributed by atoms with Gasteiger partial charge in [0.15, 0.2) is 6.61 Å². The fourth-order valence-electron chi connectivity index (χ4n) is 3.34. The van der Waals surface area contributed by atoms with Crippen LogP contribution in [-0.4, -0.2) is 23.0 Å². The maximum Gasteiger partial charge on any atom is 0.262 e. The van der Waals surface area contributed by atoms with Gasteiger partial charge < -0.3 is 19.9 Å². The fraction of sp³-hybridized carbons (Fsp3) is 0.143. The highest BCUT2D eigenvalue weighted by atomic mass is 79.9. The van der Waals surface area contributed by atoms with Gasteiger partial charge in [-0.3, -0.25) is 9.59 Å². The lowest BCUT2D eigenvalue weighted by atomic mass is 10.2. The quantitative estimate of drug-likeness (QED) is 0.633. The molecule has 4 rings (SSSR count). The number of fused-ring (bicyclic) bond motifs is 1. The number of amides is 2. The van der Waals surface area contributed by atoms with Crippen LogP contribution in [0.3, 0.4) is 0 Å². The average molecular weight is 440 g/mol. The summed E-state index contributed by atoms with van der Waals surface area (Å²) in [5, 5.41) is 5.64. The van der Waals surface area contributed by atoms with Crippen LogP contribution in [0.5, 0.6) is 5.75 Å². The second kappa shape index (κ2) is 7.16. The summed E-state index contributed by atoms with van der Waals surface area (Å²) in [6.45, 7) is 3.89. The molecule has 1 aromatic heterocycles. The molecule has 6 nitrogen and oxygen atoms in total. The Labute approximate surface area is 170 Å². The lowest BCUT2D eigenvalue weighted by Gasteiger charge is -2.18. The molecule has 2 amide bonds. The first-order valence-corrected chi connectivity index (χ1v) is 9.54. The Morgan fingerprint density at radius 2 is 1.89 bits per heavy atom. The summed E-state index contributed by atoms with van der Waals surface area (Å²) in [7, 11) is 0. The highest BCUT2D eigenvalue weighted by molar-refractivity contribution is 9.10. The topological polar surface area (TPSA) is 72.4 Å². The minimum absolute atomic E-state index is 0.000744. The first kappa shape index (κ1) is 18.3. The predicted molar refractivity (Wildman–Crippen MR) is 111 cm³/mol. The van der Waals surface area contributed by atoms with Gasteiger partial charge in [0.2, 0.25) is 0 Å². The van der Waals surface area contributed by atoms with Crippen molar-refractivity contribution < 1.29 is 14.3 Å². The van der Waals surface area contributed by atoms with E-state index in [0.717, 1.165) is 21.5 Å². The average Bonchev–Trinajstić information content (AvgIpc) is 2.96. The van der Waals surface area contributed by atoms with Gasteiger partial charge in [-0.1, -0.05) is 15.9 Å². The summed E-state index contributed by atoms with van der Waals surface area (Å²) in [6.07, 6.45) is 0. The highest BCUT2D eigenvalue weighted by Crippen LogP contribution is 2.31. The molecule has 0 saturated heterocycles. The molecule has 0 atom stereocenters. The molecule has 0 aliphatic carbocycles. The number of carbonyl (C=O) groups is 2. The van der Waals surface area contributed by atoms with E-state index in [0.29, 0.717) is 22.7 Å². The number of benzene rings is 2. The number of halogens is 1. The number of ether oxygens (including phenoxy) is 1. The Morgan fingerprint density at radius 3 is 2.64 bits per heavy atom. The lowest BCUT2D eigenvalue weighted by molar-refractivity contribution is -0.118. The zero-order valence-corrected chi connectivity index (χ0v) is 17.0. The van der Waals surface area contributed by atoms with Gasteiger partial charge in [0, 0.05) is 27.2 Å². The molecule has 3 aromatic rings. The van der Waals surface area contributed by atoms with E-state index in [2.05, 4.69) is 26.6 Å². The fourth-order valence-corrected chi connectivity index (χ4v) is 3.60. The second-order valence-corrected chi connectivity index (χ2v) is 7.51. The van der Waals surface area contributed by atoms with E-state index in [1.54, 1.807) is 18.2 Å². The Bertz CT molecular complexity index is 1090. The molecule has 2 aromatic carbocycles. The predicted octanol–water partition coefficient (Wildman–Crippen LogP) is 4.44. The minimum Gasteiger partial charge on any atom is -0.482 e. The molecule has 1 aliphatic rings. The third kappa shape index (κ3) is 3.41. The van der Waals surface area contributed by atoms with Crippen LogP contribution < -0.4 is 15.4 Å². The standard InChI is InChI=1S/C21H18BrN3O3/c1-12-9-17(13(2)25(12)16-6-3-14(22)4-7-16)21(27)23-15-5-8-19-18(10-15)24-20(26)11-28-19/h3-10H,11H2,1-2H3,(H,23,27)(H,24,26). The number of hydrogen-bond acceptors (Lipinski definition) is 3. The van der Waals surface area contributed by atoms with Gasteiger partial charge in [-0.05, 0) is 62.4 Å². The van der Waals surface area contributed by atoms with E-state index in [4.69, 9.17) is 4.74 Å². The number of hydrogen-bond donors (Lipinski definition) is 2. The summed E-state index contributed by atoms with van der Waals surface area (Å²) in [5.41, 5.74) is 4.55. The van der Waals surface area contributed by atoms with Crippen molar-refractivity contribution in [3.63, 3.8) is 0 Å². The second-order valence-electron chi connectivity index (χ2n) is 6.60. The van der Waals surface area contributed by atoms with Crippen LogP contribution in [0.4, 0.5) is 11.4 Å². The number of aryl methyl sites for hydroxylation is 1. The number of nitrogens with one attached hydrogen (secondary N) is 2. The molecular formula is C21H18BrN3O3. The first-order chi connectivity index (χ1) is 13.4. The van der Waals surface area contributed by atoms with E-state index >= 15 is 0 Å². The van der Waals surface area contributed by atoms with Crippen molar-refractivity contribution in [2.75, 3.05) is 17.2 Å². The molecule has 0 spiro atoms. The molecular weight excluding hydrogens is 422 g/mol. The van der Waals surface area contributed by atoms with E-state index in [-0.39, 0.29) is 18.4 Å². The van der Waals surface area contributed by atoms with Crippen molar-refractivity contribution >= 4 is 39.1 Å². The normalized spacial score (nSPS) is 12.8. The maximum atomic E-state index is 12.9. The molecule has 7 heteroatoms. The third-order valence-corrected chi connectivity index (χ3v) is 5.16. The third-order valence-electron chi connectivity index (χ3n) is 4.63. The van der Waals surface area contributed by atoms with Gasteiger partial charge in [0.25, 0.3) is 11.8 Å². The summed E-state index contributed by atoms with van der Waals surface area (Å²) in [5.74, 6) is 0.166. The number of anilines is 2. The Morgan fingerprint density at radius 1 is 1.14 bits per heavy atom. The van der Waals surface area contributed by atoms with Crippen molar-refractivity contribution in [3.8, 4) is 11.4 Å². The highest BCUT2D eigenvalue weighted by Gasteiger charge is 2.19. The molecule has 0 fully saturated rings. The Hall–Kier alpha value is -3.06. The number of nitrogens with zero attached hydrogens (tertiary/aromatic N) is 1. The smallest absolute Gasteiger partial charge is 0.262 e. The number of aromatic nitrogens is 1. The van der Waals surface area contributed by atoms with E-state index in [9.17, 15) is 9.59 Å². The molecule has 28 heavy (non-hydrogen) atoms. The summed E-state index contributed by atoms with van der Waals surface area (Å²) >= 11 is 3.44. The summed E-state index contributed by atoms with van der Waals surface area (Å²) in [4.78, 5) is 24.4. The van der Waals surface area contributed by atoms with E-state index in [1.165, 1.54) is 0 Å². The van der Waals surface area contributed by atoms with E-state index in [1.807, 2.05) is 48.7 Å².